The van der Waals surface area contributed by atoms with Gasteiger partial charge in [-0.1, -0.05) is 6.42 Å². The summed E-state index contributed by atoms with van der Waals surface area (Å²) in [5, 5.41) is 3.10. The molecule has 0 aliphatic heterocycles. The van der Waals surface area contributed by atoms with Gasteiger partial charge in [0.05, 0.1) is 5.56 Å². The highest BCUT2D eigenvalue weighted by atomic mass is 16.1. The highest BCUT2D eigenvalue weighted by Gasteiger charge is 2.42. The predicted molar refractivity (Wildman–Crippen MR) is 74.5 cm³/mol. The first-order chi connectivity index (χ1) is 9.15. The molecule has 3 N–H and O–H groups in total. The normalized spacial score (nSPS) is 30.3. The lowest BCUT2D eigenvalue weighted by molar-refractivity contribution is 0.0916. The Hall–Kier alpha value is -1.58. The van der Waals surface area contributed by atoms with Crippen molar-refractivity contribution >= 4 is 11.6 Å². The lowest BCUT2D eigenvalue weighted by Gasteiger charge is -2.28. The van der Waals surface area contributed by atoms with Crippen LogP contribution in [-0.2, 0) is 0 Å². The van der Waals surface area contributed by atoms with Gasteiger partial charge in [-0.15, -0.1) is 0 Å². The zero-order chi connectivity index (χ0) is 13.4. The fourth-order valence-electron chi connectivity index (χ4n) is 3.89. The Bertz CT molecular complexity index is 488. The van der Waals surface area contributed by atoms with E-state index in [1.165, 1.54) is 31.9 Å². The van der Waals surface area contributed by atoms with Crippen LogP contribution in [0.25, 0.3) is 0 Å². The number of nitrogens with two attached hydrogens (primary N) is 1. The van der Waals surface area contributed by atoms with Crippen molar-refractivity contribution in [1.82, 2.24) is 10.3 Å². The molecule has 4 heteroatoms. The van der Waals surface area contributed by atoms with Crippen molar-refractivity contribution in [2.45, 2.75) is 38.6 Å². The molecular weight excluding hydrogens is 238 g/mol. The Kier molecular flexibility index (Phi) is 3.17. The van der Waals surface area contributed by atoms with E-state index in [0.717, 1.165) is 11.8 Å². The maximum atomic E-state index is 12.2. The lowest BCUT2D eigenvalue weighted by atomic mass is 9.84. The molecule has 2 aliphatic rings. The van der Waals surface area contributed by atoms with E-state index in [9.17, 15) is 4.79 Å². The summed E-state index contributed by atoms with van der Waals surface area (Å²) < 4.78 is 0. The minimum atomic E-state index is -0.0964. The third kappa shape index (κ3) is 2.31. The largest absolute Gasteiger partial charge is 0.398 e. The third-order valence-electron chi connectivity index (χ3n) is 4.89. The van der Waals surface area contributed by atoms with E-state index >= 15 is 0 Å². The fraction of sp³-hybridized carbons (Fsp3) is 0.600. The highest BCUT2D eigenvalue weighted by Crippen LogP contribution is 2.49. The molecule has 0 saturated heterocycles. The van der Waals surface area contributed by atoms with Crippen molar-refractivity contribution in [3.05, 3.63) is 24.0 Å². The molecule has 0 aromatic carbocycles. The number of nitrogens with one attached hydrogen (secondary N) is 1. The predicted octanol–water partition coefficient (Wildman–Crippen LogP) is 2.22. The van der Waals surface area contributed by atoms with Crippen LogP contribution >= 0.6 is 0 Å². The van der Waals surface area contributed by atoms with Crippen LogP contribution in [0.4, 0.5) is 5.69 Å². The number of rotatable bonds is 3. The average molecular weight is 259 g/mol. The summed E-state index contributed by atoms with van der Waals surface area (Å²) >= 11 is 0. The van der Waals surface area contributed by atoms with E-state index in [2.05, 4.69) is 17.2 Å². The Morgan fingerprint density at radius 1 is 1.47 bits per heavy atom. The number of nitrogens with zero attached hydrogens (tertiary/aromatic N) is 1. The topological polar surface area (TPSA) is 68.0 Å². The van der Waals surface area contributed by atoms with E-state index in [-0.39, 0.29) is 11.9 Å². The number of pyridine rings is 1. The zero-order valence-corrected chi connectivity index (χ0v) is 11.3. The minimum absolute atomic E-state index is 0.0964. The zero-order valence-electron chi connectivity index (χ0n) is 11.3. The van der Waals surface area contributed by atoms with E-state index in [1.807, 2.05) is 0 Å². The van der Waals surface area contributed by atoms with E-state index in [4.69, 9.17) is 5.73 Å². The maximum absolute atomic E-state index is 12.2. The Morgan fingerprint density at radius 2 is 2.32 bits per heavy atom. The summed E-state index contributed by atoms with van der Waals surface area (Å²) in [4.78, 5) is 16.2. The van der Waals surface area contributed by atoms with Gasteiger partial charge in [-0.3, -0.25) is 9.78 Å². The Labute approximate surface area is 113 Å². The van der Waals surface area contributed by atoms with Crippen LogP contribution in [0.1, 0.15) is 43.0 Å². The summed E-state index contributed by atoms with van der Waals surface area (Å²) in [5.41, 5.74) is 6.79. The van der Waals surface area contributed by atoms with Crippen LogP contribution < -0.4 is 11.1 Å². The molecular formula is C15H21N3O. The Balaban J connectivity index is 1.65. The molecule has 102 valence electrons. The molecule has 4 nitrogen and oxygen atoms in total. The third-order valence-corrected chi connectivity index (χ3v) is 4.89. The number of carbonyl (C=O) groups excluding carboxylic acids is 1. The molecule has 2 bridgehead atoms. The second-order valence-corrected chi connectivity index (χ2v) is 6.06. The summed E-state index contributed by atoms with van der Waals surface area (Å²) in [5.74, 6) is 2.26. The first-order valence-electron chi connectivity index (χ1n) is 7.15. The fourth-order valence-corrected chi connectivity index (χ4v) is 3.89. The molecule has 2 saturated carbocycles. The monoisotopic (exact) mass is 259 g/mol. The molecule has 19 heavy (non-hydrogen) atoms. The smallest absolute Gasteiger partial charge is 0.255 e. The van der Waals surface area contributed by atoms with Crippen molar-refractivity contribution < 1.29 is 4.79 Å². The molecule has 0 spiro atoms. The van der Waals surface area contributed by atoms with E-state index < -0.39 is 0 Å². The number of amides is 1. The average Bonchev–Trinajstić information content (AvgIpc) is 3.01. The first-order valence-corrected chi connectivity index (χ1v) is 7.15. The van der Waals surface area contributed by atoms with Crippen molar-refractivity contribution in [2.24, 2.45) is 17.8 Å². The van der Waals surface area contributed by atoms with Crippen LogP contribution in [0.2, 0.25) is 0 Å². The molecule has 1 amide bonds. The molecule has 3 rings (SSSR count). The van der Waals surface area contributed by atoms with Gasteiger partial charge in [-0.25, -0.2) is 0 Å². The van der Waals surface area contributed by atoms with E-state index in [0.29, 0.717) is 17.2 Å². The number of nitrogen functional groups attached to an aromatic ring is 1. The van der Waals surface area contributed by atoms with Crippen LogP contribution in [0.5, 0.6) is 0 Å². The van der Waals surface area contributed by atoms with Gasteiger partial charge < -0.3 is 11.1 Å². The molecule has 4 atom stereocenters. The maximum Gasteiger partial charge on any atom is 0.255 e. The molecule has 0 radical (unpaired) electrons. The van der Waals surface area contributed by atoms with Gasteiger partial charge in [0.1, 0.15) is 0 Å². The number of anilines is 1. The minimum Gasteiger partial charge on any atom is -0.398 e. The van der Waals surface area contributed by atoms with Crippen molar-refractivity contribution in [3.8, 4) is 0 Å². The molecule has 1 aromatic heterocycles. The Morgan fingerprint density at radius 3 is 2.95 bits per heavy atom. The van der Waals surface area contributed by atoms with Gasteiger partial charge in [-0.2, -0.15) is 0 Å². The number of aromatic nitrogens is 1. The van der Waals surface area contributed by atoms with E-state index in [1.54, 1.807) is 12.3 Å². The number of hydrogen-bond donors (Lipinski definition) is 2. The standard InChI is InChI=1S/C15H21N3O/c1-9(12-7-10-2-3-11(12)6-10)18-15(19)13-8-17-5-4-14(13)16/h4-5,8-12H,2-3,6-7H2,1H3,(H2,16,17)(H,18,19). The quantitative estimate of drug-likeness (QED) is 0.874. The number of hydrogen-bond acceptors (Lipinski definition) is 3. The van der Waals surface area contributed by atoms with Gasteiger partial charge in [-0.05, 0) is 50.0 Å². The van der Waals surface area contributed by atoms with Gasteiger partial charge >= 0.3 is 0 Å². The first kappa shape index (κ1) is 12.5. The van der Waals surface area contributed by atoms with Crippen LogP contribution in [0.15, 0.2) is 18.5 Å². The molecule has 4 unspecified atom stereocenters. The van der Waals surface area contributed by atoms with Gasteiger partial charge in [0.15, 0.2) is 0 Å². The van der Waals surface area contributed by atoms with Gasteiger partial charge in [0, 0.05) is 24.1 Å². The van der Waals surface area contributed by atoms with Crippen LogP contribution in [0.3, 0.4) is 0 Å². The number of fused-ring (bicyclic) bond motifs is 2. The molecule has 1 aromatic rings. The van der Waals surface area contributed by atoms with Crippen molar-refractivity contribution in [2.75, 3.05) is 5.73 Å². The van der Waals surface area contributed by atoms with Crippen molar-refractivity contribution in [1.29, 1.82) is 0 Å². The summed E-state index contributed by atoms with van der Waals surface area (Å²) in [6.07, 6.45) is 8.50. The second kappa shape index (κ2) is 4.83. The second-order valence-electron chi connectivity index (χ2n) is 6.06. The van der Waals surface area contributed by atoms with Crippen molar-refractivity contribution in [3.63, 3.8) is 0 Å². The van der Waals surface area contributed by atoms with Crippen LogP contribution in [-0.4, -0.2) is 16.9 Å². The highest BCUT2D eigenvalue weighted by molar-refractivity contribution is 5.98. The van der Waals surface area contributed by atoms with Gasteiger partial charge in [0.25, 0.3) is 5.91 Å². The van der Waals surface area contributed by atoms with Gasteiger partial charge in [0.2, 0.25) is 0 Å². The molecule has 2 aliphatic carbocycles. The molecule has 1 heterocycles. The molecule has 2 fully saturated rings. The lowest BCUT2D eigenvalue weighted by Crippen LogP contribution is -2.40. The summed E-state index contributed by atoms with van der Waals surface area (Å²) in [6, 6.07) is 1.89. The summed E-state index contributed by atoms with van der Waals surface area (Å²) in [6.45, 7) is 2.12. The summed E-state index contributed by atoms with van der Waals surface area (Å²) in [7, 11) is 0. The number of carbonyl (C=O) groups is 1. The van der Waals surface area contributed by atoms with Crippen LogP contribution in [0, 0.1) is 17.8 Å². The SMILES string of the molecule is CC(NC(=O)c1cnccc1N)C1CC2CCC1C2.